The summed E-state index contributed by atoms with van der Waals surface area (Å²) in [5.41, 5.74) is 1.12. The molecule has 6 heteroatoms. The highest BCUT2D eigenvalue weighted by Gasteiger charge is 2.20. The first kappa shape index (κ1) is 15.2. The normalized spacial score (nSPS) is 11.7. The number of quaternary nitrogens is 1. The number of nitrogens with one attached hydrogen (secondary N) is 1. The van der Waals surface area contributed by atoms with Crippen LogP contribution in [0.2, 0.25) is 0 Å². The molecule has 0 unspecified atom stereocenters. The van der Waals surface area contributed by atoms with Gasteiger partial charge in [-0.2, -0.15) is 0 Å². The molecule has 1 aromatic carbocycles. The van der Waals surface area contributed by atoms with Gasteiger partial charge in [-0.25, -0.2) is 4.79 Å². The first-order valence-electron chi connectivity index (χ1n) is 6.50. The number of benzene rings is 1. The third-order valence-electron chi connectivity index (χ3n) is 2.97. The SMILES string of the molecule is COC(=O)NC(=O)C[NH2+][C@H](c1ccccc1)c1cccs1. The second-order valence-electron chi connectivity index (χ2n) is 4.38. The molecule has 0 spiro atoms. The predicted octanol–water partition coefficient (Wildman–Crippen LogP) is 1.28. The number of rotatable bonds is 5. The van der Waals surface area contributed by atoms with E-state index in [-0.39, 0.29) is 18.5 Å². The Morgan fingerprint density at radius 1 is 1.24 bits per heavy atom. The van der Waals surface area contributed by atoms with Gasteiger partial charge in [-0.05, 0) is 11.4 Å². The van der Waals surface area contributed by atoms with Gasteiger partial charge >= 0.3 is 6.09 Å². The van der Waals surface area contributed by atoms with Crippen molar-refractivity contribution in [1.82, 2.24) is 5.32 Å². The summed E-state index contributed by atoms with van der Waals surface area (Å²) in [5.74, 6) is -0.376. The van der Waals surface area contributed by atoms with Crippen LogP contribution in [0.5, 0.6) is 0 Å². The maximum absolute atomic E-state index is 11.7. The Morgan fingerprint density at radius 2 is 2.00 bits per heavy atom. The molecule has 2 amide bonds. The molecular formula is C15H17N2O3S+. The summed E-state index contributed by atoms with van der Waals surface area (Å²) in [6.07, 6.45) is -0.735. The first-order chi connectivity index (χ1) is 10.2. The van der Waals surface area contributed by atoms with Crippen molar-refractivity contribution in [3.63, 3.8) is 0 Å². The minimum absolute atomic E-state index is 0.0367. The van der Waals surface area contributed by atoms with E-state index in [9.17, 15) is 9.59 Å². The van der Waals surface area contributed by atoms with E-state index in [4.69, 9.17) is 0 Å². The van der Waals surface area contributed by atoms with Gasteiger partial charge in [0.05, 0.1) is 12.0 Å². The van der Waals surface area contributed by atoms with Gasteiger partial charge in [0, 0.05) is 5.56 Å². The molecule has 0 aliphatic rings. The van der Waals surface area contributed by atoms with Crippen molar-refractivity contribution < 1.29 is 19.6 Å². The van der Waals surface area contributed by atoms with E-state index in [1.807, 2.05) is 53.2 Å². The molecule has 5 nitrogen and oxygen atoms in total. The molecule has 0 aliphatic heterocycles. The Bertz CT molecular complexity index is 584. The fourth-order valence-corrected chi connectivity index (χ4v) is 2.84. The van der Waals surface area contributed by atoms with Gasteiger partial charge in [0.2, 0.25) is 0 Å². The van der Waals surface area contributed by atoms with Gasteiger partial charge in [-0.3, -0.25) is 10.1 Å². The van der Waals surface area contributed by atoms with E-state index in [1.165, 1.54) is 7.11 Å². The standard InChI is InChI=1S/C15H16N2O3S/c1-20-15(19)17-13(18)10-16-14(12-8-5-9-21-12)11-6-3-2-4-7-11/h2-9,14,16H,10H2,1H3,(H,17,18,19)/p+1/t14-/m1/s1. The topological polar surface area (TPSA) is 72.0 Å². The van der Waals surface area contributed by atoms with Crippen LogP contribution in [0.15, 0.2) is 47.8 Å². The van der Waals surface area contributed by atoms with Crippen LogP contribution in [0.4, 0.5) is 4.79 Å². The average Bonchev–Trinajstić information content (AvgIpc) is 3.02. The molecular weight excluding hydrogens is 288 g/mol. The number of methoxy groups -OCH3 is 1. The highest BCUT2D eigenvalue weighted by Crippen LogP contribution is 2.22. The van der Waals surface area contributed by atoms with Crippen molar-refractivity contribution in [3.8, 4) is 0 Å². The second-order valence-corrected chi connectivity index (χ2v) is 5.36. The summed E-state index contributed by atoms with van der Waals surface area (Å²) in [6, 6.07) is 14.0. The smallest absolute Gasteiger partial charge is 0.413 e. The summed E-state index contributed by atoms with van der Waals surface area (Å²) in [5, 5.41) is 6.06. The first-order valence-corrected chi connectivity index (χ1v) is 7.38. The number of hydrogen-bond acceptors (Lipinski definition) is 4. The third-order valence-corrected chi connectivity index (χ3v) is 3.93. The number of nitrogens with two attached hydrogens (primary N) is 1. The highest BCUT2D eigenvalue weighted by molar-refractivity contribution is 7.10. The number of ether oxygens (including phenoxy) is 1. The van der Waals surface area contributed by atoms with E-state index >= 15 is 0 Å². The van der Waals surface area contributed by atoms with E-state index in [0.29, 0.717) is 0 Å². The van der Waals surface area contributed by atoms with Gasteiger partial charge in [0.25, 0.3) is 5.91 Å². The molecule has 0 saturated carbocycles. The summed E-state index contributed by atoms with van der Waals surface area (Å²) in [7, 11) is 1.23. The lowest BCUT2D eigenvalue weighted by Crippen LogP contribution is -2.87. The van der Waals surface area contributed by atoms with E-state index in [0.717, 1.165) is 10.4 Å². The van der Waals surface area contributed by atoms with Gasteiger partial charge in [0.15, 0.2) is 6.54 Å². The zero-order valence-electron chi connectivity index (χ0n) is 11.6. The lowest BCUT2D eigenvalue weighted by atomic mass is 10.1. The van der Waals surface area contributed by atoms with Gasteiger partial charge < -0.3 is 10.1 Å². The summed E-state index contributed by atoms with van der Waals surface area (Å²) in [6.45, 7) is 0.145. The van der Waals surface area contributed by atoms with Crippen molar-refractivity contribution in [1.29, 1.82) is 0 Å². The van der Waals surface area contributed by atoms with Crippen LogP contribution < -0.4 is 10.6 Å². The minimum Gasteiger partial charge on any atom is -0.453 e. The van der Waals surface area contributed by atoms with Crippen LogP contribution in [0.25, 0.3) is 0 Å². The molecule has 21 heavy (non-hydrogen) atoms. The largest absolute Gasteiger partial charge is 0.453 e. The Kier molecular flexibility index (Phi) is 5.48. The molecule has 2 rings (SSSR count). The summed E-state index contributed by atoms with van der Waals surface area (Å²) in [4.78, 5) is 23.8. The molecule has 1 aromatic heterocycles. The fourth-order valence-electron chi connectivity index (χ4n) is 1.99. The number of carbonyl (C=O) groups excluding carboxylic acids is 2. The quantitative estimate of drug-likeness (QED) is 0.874. The lowest BCUT2D eigenvalue weighted by Gasteiger charge is -2.14. The zero-order chi connectivity index (χ0) is 15.1. The Labute approximate surface area is 126 Å². The minimum atomic E-state index is -0.735. The van der Waals surface area contributed by atoms with Gasteiger partial charge in [0.1, 0.15) is 6.04 Å². The molecule has 0 aliphatic carbocycles. The van der Waals surface area contributed by atoms with Crippen molar-refractivity contribution in [2.24, 2.45) is 0 Å². The van der Waals surface area contributed by atoms with Crippen LogP contribution >= 0.6 is 11.3 Å². The number of thiophene rings is 1. The van der Waals surface area contributed by atoms with E-state index in [1.54, 1.807) is 11.3 Å². The van der Waals surface area contributed by atoms with Crippen molar-refractivity contribution >= 4 is 23.3 Å². The van der Waals surface area contributed by atoms with Crippen LogP contribution in [0.3, 0.4) is 0 Å². The molecule has 3 N–H and O–H groups in total. The molecule has 0 saturated heterocycles. The van der Waals surface area contributed by atoms with Crippen molar-refractivity contribution in [3.05, 3.63) is 58.3 Å². The molecule has 1 heterocycles. The number of carbonyl (C=O) groups is 2. The molecule has 0 fully saturated rings. The number of imide groups is 1. The molecule has 0 radical (unpaired) electrons. The van der Waals surface area contributed by atoms with Crippen LogP contribution in [-0.4, -0.2) is 25.7 Å². The Morgan fingerprint density at radius 3 is 2.62 bits per heavy atom. The van der Waals surface area contributed by atoms with Crippen molar-refractivity contribution in [2.45, 2.75) is 6.04 Å². The number of amides is 2. The van der Waals surface area contributed by atoms with E-state index in [2.05, 4.69) is 10.1 Å². The summed E-state index contributed by atoms with van der Waals surface area (Å²) >= 11 is 1.64. The molecule has 2 aromatic rings. The average molecular weight is 305 g/mol. The van der Waals surface area contributed by atoms with Crippen LogP contribution in [-0.2, 0) is 9.53 Å². The monoisotopic (exact) mass is 305 g/mol. The maximum Gasteiger partial charge on any atom is 0.413 e. The Hall–Kier alpha value is -2.18. The molecule has 0 bridgehead atoms. The lowest BCUT2D eigenvalue weighted by molar-refractivity contribution is -0.676. The zero-order valence-corrected chi connectivity index (χ0v) is 12.4. The fraction of sp³-hybridized carbons (Fsp3) is 0.200. The predicted molar refractivity (Wildman–Crippen MR) is 79.9 cm³/mol. The summed E-state index contributed by atoms with van der Waals surface area (Å²) < 4.78 is 4.40. The highest BCUT2D eigenvalue weighted by atomic mass is 32.1. The van der Waals surface area contributed by atoms with Crippen molar-refractivity contribution in [2.75, 3.05) is 13.7 Å². The van der Waals surface area contributed by atoms with E-state index < -0.39 is 6.09 Å². The Balaban J connectivity index is 2.04. The molecule has 110 valence electrons. The van der Waals surface area contributed by atoms with Crippen LogP contribution in [0, 0.1) is 0 Å². The second kappa shape index (κ2) is 7.56. The van der Waals surface area contributed by atoms with Gasteiger partial charge in [-0.1, -0.05) is 36.4 Å². The third kappa shape index (κ3) is 4.40. The van der Waals surface area contributed by atoms with Crippen LogP contribution in [0.1, 0.15) is 16.5 Å². The number of alkyl carbamates (subject to hydrolysis) is 1. The molecule has 1 atom stereocenters. The van der Waals surface area contributed by atoms with Gasteiger partial charge in [-0.15, -0.1) is 11.3 Å². The number of hydrogen-bond donors (Lipinski definition) is 2. The maximum atomic E-state index is 11.7.